The summed E-state index contributed by atoms with van der Waals surface area (Å²) in [5.74, 6) is 1.24. The number of ether oxygens (including phenoxy) is 1. The van der Waals surface area contributed by atoms with Gasteiger partial charge in [0.15, 0.2) is 0 Å². The van der Waals surface area contributed by atoms with Crippen LogP contribution in [-0.2, 0) is 4.74 Å². The fourth-order valence-electron chi connectivity index (χ4n) is 8.36. The molecule has 2 saturated carbocycles. The molecule has 0 radical (unpaired) electrons. The van der Waals surface area contributed by atoms with E-state index in [0.29, 0.717) is 23.3 Å². The molecule has 3 aliphatic carbocycles. The number of rotatable bonds is 1. The second kappa shape index (κ2) is 6.55. The summed E-state index contributed by atoms with van der Waals surface area (Å²) >= 11 is 0. The minimum Gasteiger partial charge on any atom is -0.359 e. The van der Waals surface area contributed by atoms with Crippen LogP contribution in [0.2, 0.25) is 0 Å². The first-order chi connectivity index (χ1) is 15.5. The van der Waals surface area contributed by atoms with Gasteiger partial charge in [0.1, 0.15) is 0 Å². The molecule has 3 heterocycles. The van der Waals surface area contributed by atoms with E-state index < -0.39 is 0 Å². The van der Waals surface area contributed by atoms with Gasteiger partial charge in [0, 0.05) is 23.8 Å². The fourth-order valence-corrected chi connectivity index (χ4v) is 8.36. The summed E-state index contributed by atoms with van der Waals surface area (Å²) in [6.07, 6.45) is 19.6. The van der Waals surface area contributed by atoms with Gasteiger partial charge in [-0.2, -0.15) is 0 Å². The van der Waals surface area contributed by atoms with Crippen LogP contribution in [0.25, 0.3) is 10.8 Å². The highest BCUT2D eigenvalue weighted by molar-refractivity contribution is 5.82. The zero-order valence-corrected chi connectivity index (χ0v) is 19.1. The van der Waals surface area contributed by atoms with Gasteiger partial charge >= 0.3 is 0 Å². The lowest BCUT2D eigenvalue weighted by molar-refractivity contribution is -0.151. The van der Waals surface area contributed by atoms with E-state index in [0.717, 1.165) is 25.7 Å². The fraction of sp³-hybridized carbons (Fsp3) is 0.552. The summed E-state index contributed by atoms with van der Waals surface area (Å²) < 4.78 is 7.26. The number of pyridine rings is 1. The zero-order valence-electron chi connectivity index (χ0n) is 19.1. The molecule has 1 aromatic carbocycles. The van der Waals surface area contributed by atoms with E-state index in [9.17, 15) is 0 Å². The van der Waals surface area contributed by atoms with Crippen molar-refractivity contribution in [2.24, 2.45) is 17.1 Å². The highest BCUT2D eigenvalue weighted by Gasteiger charge is 2.64. The van der Waals surface area contributed by atoms with Crippen molar-refractivity contribution in [1.29, 1.82) is 0 Å². The Bertz CT molecular complexity index is 1170. The van der Waals surface area contributed by atoms with E-state index in [4.69, 9.17) is 10.5 Å². The van der Waals surface area contributed by atoms with Crippen LogP contribution >= 0.6 is 0 Å². The van der Waals surface area contributed by atoms with Crippen molar-refractivity contribution in [2.75, 3.05) is 0 Å². The Morgan fingerprint density at radius 2 is 2.00 bits per heavy atom. The molecule has 166 valence electrons. The van der Waals surface area contributed by atoms with Crippen molar-refractivity contribution in [3.05, 3.63) is 65.5 Å². The molecule has 5 aliphatic rings. The number of benzene rings is 1. The van der Waals surface area contributed by atoms with Gasteiger partial charge in [-0.3, -0.25) is 4.98 Å². The Morgan fingerprint density at radius 3 is 2.94 bits per heavy atom. The lowest BCUT2D eigenvalue weighted by atomic mass is 9.52. The minimum absolute atomic E-state index is 0.0601. The molecule has 7 rings (SSSR count). The van der Waals surface area contributed by atoms with Crippen molar-refractivity contribution < 1.29 is 4.74 Å². The van der Waals surface area contributed by atoms with Crippen LogP contribution in [0.5, 0.6) is 0 Å². The Labute approximate surface area is 191 Å². The number of nitrogens with two attached hydrogens (primary N) is 1. The minimum atomic E-state index is -0.0637. The third kappa shape index (κ3) is 2.58. The number of allylic oxidation sites excluding steroid dienone is 1. The number of hydrogen-bond donors (Lipinski definition) is 1. The Morgan fingerprint density at radius 1 is 1.06 bits per heavy atom. The van der Waals surface area contributed by atoms with E-state index in [1.807, 2.05) is 12.4 Å². The molecule has 1 unspecified atom stereocenters. The van der Waals surface area contributed by atoms with Crippen molar-refractivity contribution >= 4 is 10.8 Å². The Kier molecular flexibility index (Phi) is 3.99. The smallest absolute Gasteiger partial charge is 0.0974 e. The number of aromatic nitrogens is 1. The molecule has 3 nitrogen and oxygen atoms in total. The molecule has 2 N–H and O–H groups in total. The van der Waals surface area contributed by atoms with Crippen molar-refractivity contribution in [1.82, 2.24) is 4.98 Å². The first-order valence-corrected chi connectivity index (χ1v) is 12.7. The van der Waals surface area contributed by atoms with E-state index in [1.54, 1.807) is 5.57 Å². The average molecular weight is 427 g/mol. The topological polar surface area (TPSA) is 48.1 Å². The summed E-state index contributed by atoms with van der Waals surface area (Å²) in [6.45, 7) is 2.55. The van der Waals surface area contributed by atoms with Crippen LogP contribution in [0.4, 0.5) is 0 Å². The average Bonchev–Trinajstić information content (AvgIpc) is 3.10. The molecule has 0 amide bonds. The number of hydrogen-bond acceptors (Lipinski definition) is 3. The Hall–Kier alpha value is -1.97. The molecule has 2 bridgehead atoms. The van der Waals surface area contributed by atoms with Gasteiger partial charge < -0.3 is 10.5 Å². The molecule has 3 heteroatoms. The predicted octanol–water partition coefficient (Wildman–Crippen LogP) is 6.19. The SMILES string of the molecule is C[C@]12CC=C3C=C4CC[C@@H](N)C[C@]45CC[C@]3(O5)[C@@H]1CCC(c1ccc3ccncc3c1)C2. The molecule has 1 aromatic heterocycles. The van der Waals surface area contributed by atoms with Crippen LogP contribution in [0.1, 0.15) is 76.2 Å². The van der Waals surface area contributed by atoms with Gasteiger partial charge in [-0.1, -0.05) is 31.2 Å². The standard InChI is InChI=1S/C29H34N2O/c1-27-10-8-24-15-23-5-6-25(30)17-28(23)11-12-29(24,32-28)26(27)7-4-21(16-27)20-3-2-19-9-13-31-18-22(19)14-20/h2-3,8-9,13-15,18,21,25-26H,4-7,10-12,16-17,30H2,1H3/t21?,25-,26-,27-,28-,29-/m1/s1. The van der Waals surface area contributed by atoms with Gasteiger partial charge in [0.2, 0.25) is 0 Å². The molecular weight excluding hydrogens is 392 g/mol. The lowest BCUT2D eigenvalue weighted by Crippen LogP contribution is -2.56. The molecule has 1 saturated heterocycles. The summed E-state index contributed by atoms with van der Waals surface area (Å²) in [7, 11) is 0. The van der Waals surface area contributed by atoms with E-state index in [1.165, 1.54) is 54.0 Å². The van der Waals surface area contributed by atoms with Crippen molar-refractivity contribution in [3.63, 3.8) is 0 Å². The molecule has 2 spiro atoms. The molecule has 3 fully saturated rings. The number of nitrogens with zero attached hydrogens (tertiary/aromatic N) is 1. The maximum atomic E-state index is 7.26. The van der Waals surface area contributed by atoms with Gasteiger partial charge in [-0.25, -0.2) is 0 Å². The molecule has 6 atom stereocenters. The van der Waals surface area contributed by atoms with Gasteiger partial charge in [-0.05, 0) is 109 Å². The van der Waals surface area contributed by atoms with Crippen LogP contribution in [-0.4, -0.2) is 22.2 Å². The van der Waals surface area contributed by atoms with Gasteiger partial charge in [0.05, 0.1) is 11.2 Å². The molecule has 2 aliphatic heterocycles. The lowest BCUT2D eigenvalue weighted by Gasteiger charge is -2.58. The summed E-state index contributed by atoms with van der Waals surface area (Å²) in [5.41, 5.74) is 11.2. The quantitative estimate of drug-likeness (QED) is 0.591. The van der Waals surface area contributed by atoms with Crippen molar-refractivity contribution in [2.45, 2.75) is 87.9 Å². The highest BCUT2D eigenvalue weighted by Crippen LogP contribution is 2.66. The first-order valence-electron chi connectivity index (χ1n) is 12.7. The van der Waals surface area contributed by atoms with Crippen LogP contribution < -0.4 is 5.73 Å². The van der Waals surface area contributed by atoms with Gasteiger partial charge in [-0.15, -0.1) is 0 Å². The molecule has 32 heavy (non-hydrogen) atoms. The summed E-state index contributed by atoms with van der Waals surface area (Å²) in [4.78, 5) is 4.35. The summed E-state index contributed by atoms with van der Waals surface area (Å²) in [6, 6.07) is 9.43. The molecule has 2 aromatic rings. The second-order valence-corrected chi connectivity index (χ2v) is 11.7. The zero-order chi connectivity index (χ0) is 21.6. The predicted molar refractivity (Wildman–Crippen MR) is 128 cm³/mol. The van der Waals surface area contributed by atoms with Crippen molar-refractivity contribution in [3.8, 4) is 0 Å². The first kappa shape index (κ1) is 19.5. The normalized spacial score (nSPS) is 42.5. The second-order valence-electron chi connectivity index (χ2n) is 11.7. The Balaban J connectivity index is 1.23. The van der Waals surface area contributed by atoms with Crippen LogP contribution in [0.15, 0.2) is 60.0 Å². The van der Waals surface area contributed by atoms with Gasteiger partial charge in [0.25, 0.3) is 0 Å². The van der Waals surface area contributed by atoms with E-state index in [-0.39, 0.29) is 11.2 Å². The third-order valence-corrected chi connectivity index (χ3v) is 9.90. The molecular formula is C29H34N2O. The monoisotopic (exact) mass is 426 g/mol. The highest BCUT2D eigenvalue weighted by atomic mass is 16.5. The maximum Gasteiger partial charge on any atom is 0.0974 e. The third-order valence-electron chi connectivity index (χ3n) is 9.90. The number of fused-ring (bicyclic) bond motifs is 2. The maximum absolute atomic E-state index is 7.26. The van der Waals surface area contributed by atoms with E-state index >= 15 is 0 Å². The summed E-state index contributed by atoms with van der Waals surface area (Å²) in [5, 5.41) is 2.55. The largest absolute Gasteiger partial charge is 0.359 e. The van der Waals surface area contributed by atoms with E-state index in [2.05, 4.69) is 48.3 Å². The van der Waals surface area contributed by atoms with Crippen LogP contribution in [0, 0.1) is 11.3 Å². The van der Waals surface area contributed by atoms with Crippen LogP contribution in [0.3, 0.4) is 0 Å².